The van der Waals surface area contributed by atoms with Gasteiger partial charge < -0.3 is 20.5 Å². The smallest absolute Gasteiger partial charge is 0.119 e. The second-order valence-electron chi connectivity index (χ2n) is 4.94. The molecule has 3 N–H and O–H groups in total. The van der Waals surface area contributed by atoms with E-state index in [9.17, 15) is 5.11 Å². The van der Waals surface area contributed by atoms with Gasteiger partial charge in [-0.05, 0) is 37.6 Å². The summed E-state index contributed by atoms with van der Waals surface area (Å²) >= 11 is 0. The number of rotatable bonds is 4. The van der Waals surface area contributed by atoms with E-state index in [1.54, 1.807) is 0 Å². The lowest BCUT2D eigenvalue weighted by atomic mass is 10.1. The minimum Gasteiger partial charge on any atom is -0.490 e. The highest BCUT2D eigenvalue weighted by Crippen LogP contribution is 2.21. The van der Waals surface area contributed by atoms with Crippen LogP contribution < -0.4 is 10.5 Å². The number of hydrogen-bond acceptors (Lipinski definition) is 4. The normalized spacial score (nSPS) is 19.7. The molecule has 1 aliphatic heterocycles. The van der Waals surface area contributed by atoms with E-state index in [0.29, 0.717) is 6.10 Å². The van der Waals surface area contributed by atoms with Gasteiger partial charge in [0.25, 0.3) is 0 Å². The first-order valence-corrected chi connectivity index (χ1v) is 6.52. The molecule has 0 aromatic heterocycles. The molecule has 1 saturated heterocycles. The molecule has 4 nitrogen and oxygen atoms in total. The maximum Gasteiger partial charge on any atom is 0.119 e. The lowest BCUT2D eigenvalue weighted by Crippen LogP contribution is -2.35. The quantitative estimate of drug-likeness (QED) is 0.841. The van der Waals surface area contributed by atoms with Crippen LogP contribution in [0.15, 0.2) is 24.3 Å². The van der Waals surface area contributed by atoms with E-state index in [1.165, 1.54) is 0 Å². The summed E-state index contributed by atoms with van der Waals surface area (Å²) in [5, 5.41) is 9.60. The van der Waals surface area contributed by atoms with Gasteiger partial charge in [0.15, 0.2) is 0 Å². The van der Waals surface area contributed by atoms with Crippen molar-refractivity contribution in [1.82, 2.24) is 4.90 Å². The van der Waals surface area contributed by atoms with E-state index < -0.39 is 6.10 Å². The monoisotopic (exact) mass is 250 g/mol. The number of ether oxygens (including phenoxy) is 1. The molecule has 100 valence electrons. The first-order valence-electron chi connectivity index (χ1n) is 6.52. The number of aliphatic hydroxyl groups excluding tert-OH is 1. The van der Waals surface area contributed by atoms with Crippen LogP contribution in [0.5, 0.6) is 5.75 Å². The summed E-state index contributed by atoms with van der Waals surface area (Å²) in [5.41, 5.74) is 6.26. The van der Waals surface area contributed by atoms with Crippen molar-refractivity contribution < 1.29 is 9.84 Å². The third-order valence-corrected chi connectivity index (χ3v) is 3.46. The summed E-state index contributed by atoms with van der Waals surface area (Å²) in [5.74, 6) is 0.873. The van der Waals surface area contributed by atoms with Gasteiger partial charge in [-0.15, -0.1) is 0 Å². The predicted molar refractivity (Wildman–Crippen MR) is 71.6 cm³/mol. The van der Waals surface area contributed by atoms with E-state index in [0.717, 1.165) is 37.2 Å². The van der Waals surface area contributed by atoms with E-state index in [1.807, 2.05) is 24.3 Å². The van der Waals surface area contributed by atoms with Crippen molar-refractivity contribution >= 4 is 0 Å². The lowest BCUT2D eigenvalue weighted by Gasteiger charge is -2.29. The van der Waals surface area contributed by atoms with Crippen LogP contribution in [0, 0.1) is 0 Å². The Hall–Kier alpha value is -1.10. The van der Waals surface area contributed by atoms with Crippen molar-refractivity contribution in [3.05, 3.63) is 29.8 Å². The van der Waals surface area contributed by atoms with Crippen molar-refractivity contribution in [3.63, 3.8) is 0 Å². The lowest BCUT2D eigenvalue weighted by molar-refractivity contribution is 0.114. The molecule has 0 aliphatic carbocycles. The fourth-order valence-corrected chi connectivity index (χ4v) is 2.20. The molecule has 0 bridgehead atoms. The van der Waals surface area contributed by atoms with Gasteiger partial charge in [-0.2, -0.15) is 0 Å². The molecule has 1 aromatic rings. The average Bonchev–Trinajstić information content (AvgIpc) is 2.41. The summed E-state index contributed by atoms with van der Waals surface area (Å²) in [6, 6.07) is 7.57. The Morgan fingerprint density at radius 2 is 1.94 bits per heavy atom. The Labute approximate surface area is 108 Å². The molecule has 0 amide bonds. The molecule has 0 radical (unpaired) electrons. The summed E-state index contributed by atoms with van der Waals surface area (Å²) < 4.78 is 5.93. The van der Waals surface area contributed by atoms with Crippen molar-refractivity contribution in [2.45, 2.75) is 25.0 Å². The number of nitrogens with zero attached hydrogens (tertiary/aromatic N) is 1. The van der Waals surface area contributed by atoms with Crippen LogP contribution in [-0.4, -0.2) is 42.8 Å². The Balaban J connectivity index is 1.90. The number of piperidine rings is 1. The van der Waals surface area contributed by atoms with Gasteiger partial charge in [-0.25, -0.2) is 0 Å². The van der Waals surface area contributed by atoms with Gasteiger partial charge >= 0.3 is 0 Å². The van der Waals surface area contributed by atoms with Gasteiger partial charge in [-0.3, -0.25) is 0 Å². The van der Waals surface area contributed by atoms with Crippen molar-refractivity contribution in [1.29, 1.82) is 0 Å². The molecule has 4 heteroatoms. The molecule has 1 atom stereocenters. The topological polar surface area (TPSA) is 58.7 Å². The fraction of sp³-hybridized carbons (Fsp3) is 0.571. The third kappa shape index (κ3) is 3.45. The Morgan fingerprint density at radius 3 is 2.50 bits per heavy atom. The zero-order chi connectivity index (χ0) is 13.0. The van der Waals surface area contributed by atoms with Crippen LogP contribution in [-0.2, 0) is 0 Å². The highest BCUT2D eigenvalue weighted by atomic mass is 16.5. The molecule has 1 aromatic carbocycles. The standard InChI is InChI=1S/C14H22N2O2/c1-16-8-6-13(7-9-16)18-12-4-2-11(3-5-12)14(17)10-15/h2-5,13-14,17H,6-10,15H2,1H3. The largest absolute Gasteiger partial charge is 0.490 e. The first-order chi connectivity index (χ1) is 8.69. The highest BCUT2D eigenvalue weighted by molar-refractivity contribution is 5.28. The fourth-order valence-electron chi connectivity index (χ4n) is 2.20. The maximum atomic E-state index is 9.60. The van der Waals surface area contributed by atoms with Gasteiger partial charge in [0.1, 0.15) is 11.9 Å². The molecular formula is C14H22N2O2. The molecule has 2 rings (SSSR count). The van der Waals surface area contributed by atoms with E-state index in [-0.39, 0.29) is 6.54 Å². The highest BCUT2D eigenvalue weighted by Gasteiger charge is 2.17. The van der Waals surface area contributed by atoms with Gasteiger partial charge in [0.05, 0.1) is 6.10 Å². The molecule has 1 aliphatic rings. The van der Waals surface area contributed by atoms with Crippen LogP contribution in [0.25, 0.3) is 0 Å². The second kappa shape index (κ2) is 6.18. The third-order valence-electron chi connectivity index (χ3n) is 3.46. The summed E-state index contributed by atoms with van der Waals surface area (Å²) in [7, 11) is 2.14. The van der Waals surface area contributed by atoms with E-state index >= 15 is 0 Å². The number of hydrogen-bond donors (Lipinski definition) is 2. The minimum absolute atomic E-state index is 0.245. The number of aliphatic hydroxyl groups is 1. The van der Waals surface area contributed by atoms with Crippen LogP contribution in [0.1, 0.15) is 24.5 Å². The Bertz CT molecular complexity index is 359. The Kier molecular flexibility index (Phi) is 4.58. The minimum atomic E-state index is -0.581. The molecule has 1 heterocycles. The van der Waals surface area contributed by atoms with Crippen LogP contribution >= 0.6 is 0 Å². The molecule has 0 saturated carbocycles. The first kappa shape index (κ1) is 13.3. The maximum absolute atomic E-state index is 9.60. The van der Waals surface area contributed by atoms with Crippen LogP contribution in [0.3, 0.4) is 0 Å². The Morgan fingerprint density at radius 1 is 1.33 bits per heavy atom. The molecule has 1 fully saturated rings. The van der Waals surface area contributed by atoms with Gasteiger partial charge in [0.2, 0.25) is 0 Å². The number of nitrogens with two attached hydrogens (primary N) is 1. The number of benzene rings is 1. The van der Waals surface area contributed by atoms with Crippen molar-refractivity contribution in [2.24, 2.45) is 5.73 Å². The zero-order valence-corrected chi connectivity index (χ0v) is 10.9. The van der Waals surface area contributed by atoms with Crippen molar-refractivity contribution in [3.8, 4) is 5.75 Å². The zero-order valence-electron chi connectivity index (χ0n) is 10.9. The molecule has 1 unspecified atom stereocenters. The molecule has 18 heavy (non-hydrogen) atoms. The average molecular weight is 250 g/mol. The second-order valence-corrected chi connectivity index (χ2v) is 4.94. The van der Waals surface area contributed by atoms with Crippen LogP contribution in [0.2, 0.25) is 0 Å². The predicted octanol–water partition coefficient (Wildman–Crippen LogP) is 1.15. The summed E-state index contributed by atoms with van der Waals surface area (Å²) in [6.07, 6.45) is 1.88. The van der Waals surface area contributed by atoms with Crippen LogP contribution in [0.4, 0.5) is 0 Å². The summed E-state index contributed by atoms with van der Waals surface area (Å²) in [4.78, 5) is 2.32. The van der Waals surface area contributed by atoms with Gasteiger partial charge in [0, 0.05) is 19.6 Å². The van der Waals surface area contributed by atoms with E-state index in [4.69, 9.17) is 10.5 Å². The van der Waals surface area contributed by atoms with Crippen molar-refractivity contribution in [2.75, 3.05) is 26.7 Å². The SMILES string of the molecule is CN1CCC(Oc2ccc(C(O)CN)cc2)CC1. The molecule has 0 spiro atoms. The number of likely N-dealkylation sites (tertiary alicyclic amines) is 1. The molecular weight excluding hydrogens is 228 g/mol. The van der Waals surface area contributed by atoms with E-state index in [2.05, 4.69) is 11.9 Å². The summed E-state index contributed by atoms with van der Waals surface area (Å²) in [6.45, 7) is 2.43. The van der Waals surface area contributed by atoms with Gasteiger partial charge in [-0.1, -0.05) is 12.1 Å².